The Hall–Kier alpha value is -1.11. The zero-order chi connectivity index (χ0) is 14.7. The predicted octanol–water partition coefficient (Wildman–Crippen LogP) is 1.56. The molecule has 0 atom stereocenters. The summed E-state index contributed by atoms with van der Waals surface area (Å²) >= 11 is 0. The third kappa shape index (κ3) is 5.59. The molecule has 0 amide bonds. The van der Waals surface area contributed by atoms with E-state index in [4.69, 9.17) is 0 Å². The monoisotopic (exact) mass is 286 g/mol. The molecule has 3 N–H and O–H groups in total. The average molecular weight is 286 g/mol. The predicted molar refractivity (Wildman–Crippen MR) is 76.7 cm³/mol. The molecule has 0 heterocycles. The molecule has 0 aliphatic rings. The number of nitrogens with one attached hydrogen (secondary N) is 2. The van der Waals surface area contributed by atoms with Crippen LogP contribution in [0.3, 0.4) is 0 Å². The van der Waals surface area contributed by atoms with Crippen LogP contribution in [0.4, 0.5) is 5.69 Å². The Morgan fingerprint density at radius 3 is 2.16 bits per heavy atom. The number of hydrogen-bond donors (Lipinski definition) is 3. The van der Waals surface area contributed by atoms with Crippen molar-refractivity contribution in [3.63, 3.8) is 0 Å². The summed E-state index contributed by atoms with van der Waals surface area (Å²) in [6.07, 6.45) is 0. The number of aliphatic hydroxyl groups is 1. The molecule has 0 saturated heterocycles. The van der Waals surface area contributed by atoms with Gasteiger partial charge in [0.1, 0.15) is 0 Å². The van der Waals surface area contributed by atoms with Crippen LogP contribution in [0.5, 0.6) is 0 Å². The average Bonchev–Trinajstić information content (AvgIpc) is 2.24. The summed E-state index contributed by atoms with van der Waals surface area (Å²) in [5, 5.41) is 12.6. The number of anilines is 1. The SMILES string of the molecule is CC(C)NS(=O)(=O)c1ccc(NCC(C)(C)O)cc1. The van der Waals surface area contributed by atoms with Crippen molar-refractivity contribution in [3.05, 3.63) is 24.3 Å². The standard InChI is InChI=1S/C13H22N2O3S/c1-10(2)15-19(17,18)12-7-5-11(6-8-12)14-9-13(3,4)16/h5-8,10,14-16H,9H2,1-4H3. The van der Waals surface area contributed by atoms with Crippen LogP contribution in [-0.4, -0.2) is 31.7 Å². The van der Waals surface area contributed by atoms with E-state index in [9.17, 15) is 13.5 Å². The molecule has 0 saturated carbocycles. The van der Waals surface area contributed by atoms with Crippen molar-refractivity contribution < 1.29 is 13.5 Å². The molecular weight excluding hydrogens is 264 g/mol. The third-order valence-corrected chi connectivity index (χ3v) is 3.96. The van der Waals surface area contributed by atoms with Crippen LogP contribution >= 0.6 is 0 Å². The molecule has 1 aromatic carbocycles. The van der Waals surface area contributed by atoms with Crippen LogP contribution in [-0.2, 0) is 10.0 Å². The summed E-state index contributed by atoms with van der Waals surface area (Å²) in [6, 6.07) is 6.30. The van der Waals surface area contributed by atoms with Crippen molar-refractivity contribution in [2.24, 2.45) is 0 Å². The van der Waals surface area contributed by atoms with Crippen LogP contribution < -0.4 is 10.0 Å². The molecule has 0 spiro atoms. The van der Waals surface area contributed by atoms with Crippen LogP contribution in [0.15, 0.2) is 29.2 Å². The van der Waals surface area contributed by atoms with E-state index >= 15 is 0 Å². The largest absolute Gasteiger partial charge is 0.389 e. The van der Waals surface area contributed by atoms with Gasteiger partial charge in [-0.25, -0.2) is 13.1 Å². The van der Waals surface area contributed by atoms with Gasteiger partial charge in [0, 0.05) is 18.3 Å². The first-order chi connectivity index (χ1) is 8.60. The number of rotatable bonds is 6. The van der Waals surface area contributed by atoms with Gasteiger partial charge in [-0.1, -0.05) is 0 Å². The maximum Gasteiger partial charge on any atom is 0.240 e. The van der Waals surface area contributed by atoms with Crippen molar-refractivity contribution in [3.8, 4) is 0 Å². The normalized spacial score (nSPS) is 12.7. The highest BCUT2D eigenvalue weighted by atomic mass is 32.2. The van der Waals surface area contributed by atoms with E-state index in [-0.39, 0.29) is 10.9 Å². The Kier molecular flexibility index (Phi) is 4.95. The lowest BCUT2D eigenvalue weighted by atomic mass is 10.1. The van der Waals surface area contributed by atoms with E-state index in [0.717, 1.165) is 5.69 Å². The molecule has 0 bridgehead atoms. The highest BCUT2D eigenvalue weighted by Gasteiger charge is 2.15. The quantitative estimate of drug-likeness (QED) is 0.741. The molecule has 19 heavy (non-hydrogen) atoms. The number of sulfonamides is 1. The Balaban J connectivity index is 2.77. The van der Waals surface area contributed by atoms with Gasteiger partial charge >= 0.3 is 0 Å². The first-order valence-corrected chi connectivity index (χ1v) is 7.67. The van der Waals surface area contributed by atoms with Crippen molar-refractivity contribution in [1.29, 1.82) is 0 Å². The lowest BCUT2D eigenvalue weighted by Gasteiger charge is -2.18. The minimum Gasteiger partial charge on any atom is -0.389 e. The summed E-state index contributed by atoms with van der Waals surface area (Å²) in [6.45, 7) is 7.34. The van der Waals surface area contributed by atoms with Gasteiger partial charge in [0.25, 0.3) is 0 Å². The zero-order valence-corrected chi connectivity index (χ0v) is 12.6. The maximum atomic E-state index is 11.9. The third-order valence-electron chi connectivity index (χ3n) is 2.28. The van der Waals surface area contributed by atoms with Gasteiger partial charge in [-0.3, -0.25) is 0 Å². The van der Waals surface area contributed by atoms with Gasteiger partial charge in [0.15, 0.2) is 0 Å². The molecule has 0 unspecified atom stereocenters. The molecule has 6 heteroatoms. The van der Waals surface area contributed by atoms with E-state index in [2.05, 4.69) is 10.0 Å². The van der Waals surface area contributed by atoms with Crippen LogP contribution in [0.1, 0.15) is 27.7 Å². The molecule has 0 fully saturated rings. The summed E-state index contributed by atoms with van der Waals surface area (Å²) in [4.78, 5) is 0.231. The highest BCUT2D eigenvalue weighted by molar-refractivity contribution is 7.89. The van der Waals surface area contributed by atoms with Crippen LogP contribution in [0, 0.1) is 0 Å². The maximum absolute atomic E-state index is 11.9. The smallest absolute Gasteiger partial charge is 0.240 e. The van der Waals surface area contributed by atoms with Gasteiger partial charge in [-0.2, -0.15) is 0 Å². The topological polar surface area (TPSA) is 78.4 Å². The van der Waals surface area contributed by atoms with E-state index in [0.29, 0.717) is 6.54 Å². The second-order valence-electron chi connectivity index (χ2n) is 5.47. The molecular formula is C13H22N2O3S. The van der Waals surface area contributed by atoms with E-state index in [1.807, 2.05) is 0 Å². The molecule has 5 nitrogen and oxygen atoms in total. The van der Waals surface area contributed by atoms with Gasteiger partial charge in [0.05, 0.1) is 10.5 Å². The summed E-state index contributed by atoms with van der Waals surface area (Å²) < 4.78 is 26.3. The molecule has 1 aromatic rings. The minimum atomic E-state index is -3.45. The van der Waals surface area contributed by atoms with E-state index in [1.165, 1.54) is 12.1 Å². The first-order valence-electron chi connectivity index (χ1n) is 6.19. The zero-order valence-electron chi connectivity index (χ0n) is 11.8. The van der Waals surface area contributed by atoms with Gasteiger partial charge in [-0.15, -0.1) is 0 Å². The van der Waals surface area contributed by atoms with Gasteiger partial charge in [0.2, 0.25) is 10.0 Å². The van der Waals surface area contributed by atoms with Crippen molar-refractivity contribution >= 4 is 15.7 Å². The summed E-state index contributed by atoms with van der Waals surface area (Å²) in [5.74, 6) is 0. The molecule has 1 rings (SSSR count). The fourth-order valence-electron chi connectivity index (χ4n) is 1.45. The Morgan fingerprint density at radius 1 is 1.21 bits per heavy atom. The van der Waals surface area contributed by atoms with Crippen molar-refractivity contribution in [1.82, 2.24) is 4.72 Å². The fourth-order valence-corrected chi connectivity index (χ4v) is 2.70. The Labute approximate surface area is 115 Å². The van der Waals surface area contributed by atoms with Crippen LogP contribution in [0.2, 0.25) is 0 Å². The summed E-state index contributed by atoms with van der Waals surface area (Å²) in [7, 11) is -3.45. The van der Waals surface area contributed by atoms with Crippen LogP contribution in [0.25, 0.3) is 0 Å². The highest BCUT2D eigenvalue weighted by Crippen LogP contribution is 2.15. The van der Waals surface area contributed by atoms with E-state index < -0.39 is 15.6 Å². The Morgan fingerprint density at radius 2 is 1.74 bits per heavy atom. The number of hydrogen-bond acceptors (Lipinski definition) is 4. The first kappa shape index (κ1) is 15.9. The van der Waals surface area contributed by atoms with Gasteiger partial charge in [-0.05, 0) is 52.0 Å². The fraction of sp³-hybridized carbons (Fsp3) is 0.538. The number of benzene rings is 1. The lowest BCUT2D eigenvalue weighted by molar-refractivity contribution is 0.0945. The molecule has 0 aromatic heterocycles. The van der Waals surface area contributed by atoms with E-state index in [1.54, 1.807) is 39.8 Å². The summed E-state index contributed by atoms with van der Waals surface area (Å²) in [5.41, 5.74) is -0.0464. The molecule has 108 valence electrons. The second-order valence-corrected chi connectivity index (χ2v) is 7.18. The second kappa shape index (κ2) is 5.90. The lowest BCUT2D eigenvalue weighted by Crippen LogP contribution is -2.30. The molecule has 0 aliphatic carbocycles. The van der Waals surface area contributed by atoms with Crippen molar-refractivity contribution in [2.75, 3.05) is 11.9 Å². The minimum absolute atomic E-state index is 0.141. The molecule has 0 radical (unpaired) electrons. The Bertz CT molecular complexity index is 502. The van der Waals surface area contributed by atoms with Crippen molar-refractivity contribution in [2.45, 2.75) is 44.2 Å². The molecule has 0 aliphatic heterocycles. The van der Waals surface area contributed by atoms with Gasteiger partial charge < -0.3 is 10.4 Å².